The predicted octanol–water partition coefficient (Wildman–Crippen LogP) is 5.92. The van der Waals surface area contributed by atoms with Crippen LogP contribution in [0.2, 0.25) is 0 Å². The highest BCUT2D eigenvalue weighted by Crippen LogP contribution is 2.29. The Hall–Kier alpha value is -2.88. The van der Waals surface area contributed by atoms with Gasteiger partial charge in [-0.2, -0.15) is 4.31 Å². The lowest BCUT2D eigenvalue weighted by molar-refractivity contribution is -0.132. The fraction of sp³-hybridized carbons (Fsp3) is 0.452. The molecule has 0 aliphatic carbocycles. The first-order valence-electron chi connectivity index (χ1n) is 13.5. The van der Waals surface area contributed by atoms with Crippen LogP contribution in [0, 0.1) is 33.6 Å². The van der Waals surface area contributed by atoms with Crippen molar-refractivity contribution in [2.75, 3.05) is 33.9 Å². The van der Waals surface area contributed by atoms with Gasteiger partial charge in [-0.05, 0) is 85.9 Å². The number of thiophene rings is 1. The van der Waals surface area contributed by atoms with Crippen molar-refractivity contribution in [2.45, 2.75) is 59.4 Å². The summed E-state index contributed by atoms with van der Waals surface area (Å²) in [7, 11) is -0.708. The molecule has 0 saturated heterocycles. The molecule has 0 saturated carbocycles. The average Bonchev–Trinajstić information content (AvgIpc) is 3.28. The molecule has 1 aromatic heterocycles. The van der Waals surface area contributed by atoms with Gasteiger partial charge in [-0.1, -0.05) is 37.6 Å². The number of hydrogen-bond donors (Lipinski definition) is 0. The van der Waals surface area contributed by atoms with Crippen LogP contribution < -0.4 is 9.47 Å². The molecule has 0 aliphatic rings. The molecular formula is C31H42N2O5S2. The number of ether oxygens (including phenoxy) is 2. The Labute approximate surface area is 243 Å². The molecule has 3 aromatic rings. The van der Waals surface area contributed by atoms with Gasteiger partial charge in [-0.15, -0.1) is 11.3 Å². The first kappa shape index (κ1) is 31.6. The van der Waals surface area contributed by atoms with Crippen LogP contribution in [0.3, 0.4) is 0 Å². The molecule has 3 rings (SSSR count). The van der Waals surface area contributed by atoms with Gasteiger partial charge >= 0.3 is 0 Å². The molecule has 9 heteroatoms. The van der Waals surface area contributed by atoms with E-state index in [-0.39, 0.29) is 29.8 Å². The number of carbonyl (C=O) groups excluding carboxylic acids is 1. The second-order valence-electron chi connectivity index (χ2n) is 10.7. The van der Waals surface area contributed by atoms with Crippen molar-refractivity contribution in [1.29, 1.82) is 0 Å². The van der Waals surface area contributed by atoms with Crippen LogP contribution in [0.25, 0.3) is 0 Å². The lowest BCUT2D eigenvalue weighted by atomic mass is 10.1. The minimum atomic E-state index is -3.90. The summed E-state index contributed by atoms with van der Waals surface area (Å²) in [6.45, 7) is 12.4. The monoisotopic (exact) mass is 586 g/mol. The molecule has 40 heavy (non-hydrogen) atoms. The number of sulfonamides is 1. The van der Waals surface area contributed by atoms with Crippen LogP contribution in [0.4, 0.5) is 0 Å². The summed E-state index contributed by atoms with van der Waals surface area (Å²) in [5, 5.41) is 2.01. The fourth-order valence-electron chi connectivity index (χ4n) is 4.94. The third-order valence-corrected chi connectivity index (χ3v) is 9.98. The summed E-state index contributed by atoms with van der Waals surface area (Å²) >= 11 is 1.60. The molecule has 1 amide bonds. The van der Waals surface area contributed by atoms with Crippen LogP contribution in [0.15, 0.2) is 46.7 Å². The van der Waals surface area contributed by atoms with Crippen molar-refractivity contribution in [3.05, 3.63) is 74.5 Å². The van der Waals surface area contributed by atoms with Gasteiger partial charge in [0.25, 0.3) is 0 Å². The summed E-state index contributed by atoms with van der Waals surface area (Å²) in [5.74, 6) is 1.10. The van der Waals surface area contributed by atoms with Gasteiger partial charge < -0.3 is 14.4 Å². The summed E-state index contributed by atoms with van der Waals surface area (Å²) in [6, 6.07) is 11.5. The number of methoxy groups -OCH3 is 2. The highest BCUT2D eigenvalue weighted by Gasteiger charge is 2.31. The van der Waals surface area contributed by atoms with Crippen LogP contribution in [-0.2, 0) is 27.8 Å². The van der Waals surface area contributed by atoms with E-state index < -0.39 is 10.0 Å². The zero-order chi connectivity index (χ0) is 29.6. The van der Waals surface area contributed by atoms with E-state index in [1.807, 2.05) is 83.3 Å². The van der Waals surface area contributed by atoms with Crippen molar-refractivity contribution in [3.63, 3.8) is 0 Å². The second-order valence-corrected chi connectivity index (χ2v) is 13.6. The molecule has 0 bridgehead atoms. The van der Waals surface area contributed by atoms with E-state index in [0.29, 0.717) is 42.1 Å². The number of hydrogen-bond acceptors (Lipinski definition) is 6. The number of benzene rings is 2. The van der Waals surface area contributed by atoms with Crippen molar-refractivity contribution in [1.82, 2.24) is 9.21 Å². The summed E-state index contributed by atoms with van der Waals surface area (Å²) in [6.07, 6.45) is 0.587. The molecule has 0 radical (unpaired) electrons. The van der Waals surface area contributed by atoms with E-state index in [1.54, 1.807) is 30.5 Å². The smallest absolute Gasteiger partial charge is 0.244 e. The number of carbonyl (C=O) groups is 1. The van der Waals surface area contributed by atoms with E-state index >= 15 is 0 Å². The Morgan fingerprint density at radius 1 is 0.925 bits per heavy atom. The number of aryl methyl sites for hydroxylation is 4. The molecular weight excluding hydrogens is 544 g/mol. The van der Waals surface area contributed by atoms with Gasteiger partial charge in [0.05, 0.1) is 32.2 Å². The van der Waals surface area contributed by atoms with Crippen molar-refractivity contribution in [3.8, 4) is 11.5 Å². The largest absolute Gasteiger partial charge is 0.493 e. The first-order valence-corrected chi connectivity index (χ1v) is 15.8. The summed E-state index contributed by atoms with van der Waals surface area (Å²) in [4.78, 5) is 17.0. The molecule has 0 fully saturated rings. The molecule has 7 nitrogen and oxygen atoms in total. The van der Waals surface area contributed by atoms with Gasteiger partial charge in [-0.3, -0.25) is 4.79 Å². The fourth-order valence-corrected chi connectivity index (χ4v) is 7.83. The van der Waals surface area contributed by atoms with Crippen LogP contribution in [-0.4, -0.2) is 57.4 Å². The molecule has 0 aliphatic heterocycles. The number of amides is 1. The van der Waals surface area contributed by atoms with Crippen LogP contribution in [0.1, 0.15) is 46.5 Å². The van der Waals surface area contributed by atoms with Gasteiger partial charge in [0.2, 0.25) is 15.9 Å². The molecule has 0 atom stereocenters. The molecule has 0 unspecified atom stereocenters. The lowest BCUT2D eigenvalue weighted by Crippen LogP contribution is -2.44. The van der Waals surface area contributed by atoms with E-state index in [1.165, 1.54) is 4.31 Å². The van der Waals surface area contributed by atoms with Gasteiger partial charge in [-0.25, -0.2) is 8.42 Å². The molecule has 0 spiro atoms. The van der Waals surface area contributed by atoms with E-state index in [0.717, 1.165) is 21.6 Å². The molecule has 1 heterocycles. The normalized spacial score (nSPS) is 11.8. The van der Waals surface area contributed by atoms with Crippen molar-refractivity contribution >= 4 is 27.3 Å². The topological polar surface area (TPSA) is 76.2 Å². The Morgan fingerprint density at radius 2 is 1.57 bits per heavy atom. The predicted molar refractivity (Wildman–Crippen MR) is 162 cm³/mol. The zero-order valence-electron chi connectivity index (χ0n) is 24.9. The first-order chi connectivity index (χ1) is 18.9. The van der Waals surface area contributed by atoms with E-state index in [4.69, 9.17) is 9.47 Å². The number of nitrogens with zero attached hydrogens (tertiary/aromatic N) is 2. The van der Waals surface area contributed by atoms with Crippen molar-refractivity contribution in [2.24, 2.45) is 5.92 Å². The second kappa shape index (κ2) is 13.7. The number of rotatable bonds is 13. The maximum absolute atomic E-state index is 14.0. The molecule has 2 aromatic carbocycles. The minimum Gasteiger partial charge on any atom is -0.493 e. The van der Waals surface area contributed by atoms with Crippen LogP contribution >= 0.6 is 11.3 Å². The van der Waals surface area contributed by atoms with Gasteiger partial charge in [0.15, 0.2) is 11.5 Å². The molecule has 218 valence electrons. The average molecular weight is 587 g/mol. The Balaban J connectivity index is 1.92. The standard InChI is InChI=1S/C31H42N2O5S2/c1-21(2)18-33(40(35,36)31-24(5)15-22(3)16-25(31)6)20-30(34)32(19-29-23(4)12-14-39-29)13-11-26-9-10-27(37-7)28(17-26)38-8/h9-10,12,14-17,21H,11,13,18-20H2,1-8H3. The lowest BCUT2D eigenvalue weighted by Gasteiger charge is -2.29. The van der Waals surface area contributed by atoms with Gasteiger partial charge in [0.1, 0.15) is 0 Å². The molecule has 0 N–H and O–H groups in total. The van der Waals surface area contributed by atoms with E-state index in [9.17, 15) is 13.2 Å². The Morgan fingerprint density at radius 3 is 2.12 bits per heavy atom. The summed E-state index contributed by atoms with van der Waals surface area (Å²) in [5.41, 5.74) is 4.51. The van der Waals surface area contributed by atoms with Crippen LogP contribution in [0.5, 0.6) is 11.5 Å². The van der Waals surface area contributed by atoms with E-state index in [2.05, 4.69) is 0 Å². The maximum atomic E-state index is 14.0. The third kappa shape index (κ3) is 7.65. The minimum absolute atomic E-state index is 0.0494. The Kier molecular flexibility index (Phi) is 10.8. The maximum Gasteiger partial charge on any atom is 0.244 e. The van der Waals surface area contributed by atoms with Gasteiger partial charge in [0, 0.05) is 18.0 Å². The SMILES string of the molecule is COc1ccc(CCN(Cc2sccc2C)C(=O)CN(CC(C)C)S(=O)(=O)c2c(C)cc(C)cc2C)cc1OC. The Bertz CT molecular complexity index is 1410. The van der Waals surface area contributed by atoms with Crippen molar-refractivity contribution < 1.29 is 22.7 Å². The highest BCUT2D eigenvalue weighted by atomic mass is 32.2. The highest BCUT2D eigenvalue weighted by molar-refractivity contribution is 7.89. The third-order valence-electron chi connectivity index (χ3n) is 6.86. The quantitative estimate of drug-likeness (QED) is 0.249. The summed E-state index contributed by atoms with van der Waals surface area (Å²) < 4.78 is 40.1. The zero-order valence-corrected chi connectivity index (χ0v) is 26.5.